The molecule has 2 rings (SSSR count). The Morgan fingerprint density at radius 1 is 1.07 bits per heavy atom. The minimum absolute atomic E-state index is 0.0806. The van der Waals surface area contributed by atoms with Crippen LogP contribution in [0.5, 0.6) is 0 Å². The molecule has 1 aromatic rings. The van der Waals surface area contributed by atoms with Crippen molar-refractivity contribution in [1.29, 1.82) is 0 Å². The summed E-state index contributed by atoms with van der Waals surface area (Å²) in [6.45, 7) is 0.616. The van der Waals surface area contributed by atoms with Gasteiger partial charge in [-0.25, -0.2) is 4.39 Å². The number of aliphatic carboxylic acids is 1. The van der Waals surface area contributed by atoms with Crippen molar-refractivity contribution in [3.8, 4) is 0 Å². The number of thioether (sulfide) groups is 1. The molecule has 1 aromatic carbocycles. The topological polar surface area (TPSA) is 57.6 Å². The van der Waals surface area contributed by atoms with Crippen LogP contribution < -0.4 is 0 Å². The monoisotopic (exact) mass is 409 g/mol. The molecule has 1 N–H and O–H groups in total. The van der Waals surface area contributed by atoms with Crippen molar-refractivity contribution in [2.45, 2.75) is 51.4 Å². The highest BCUT2D eigenvalue weighted by Gasteiger charge is 2.31. The number of carboxylic acid groups (broad SMARTS) is 1. The van der Waals surface area contributed by atoms with Crippen LogP contribution in [0.2, 0.25) is 0 Å². The largest absolute Gasteiger partial charge is 0.481 e. The lowest BCUT2D eigenvalue weighted by Crippen LogP contribution is -2.29. The molecule has 146 valence electrons. The predicted molar refractivity (Wildman–Crippen MR) is 111 cm³/mol. The summed E-state index contributed by atoms with van der Waals surface area (Å²) in [7, 11) is 0. The highest BCUT2D eigenvalue weighted by molar-refractivity contribution is 8.26. The van der Waals surface area contributed by atoms with Crippen molar-refractivity contribution < 1.29 is 19.1 Å². The van der Waals surface area contributed by atoms with Gasteiger partial charge in [-0.15, -0.1) is 0 Å². The smallest absolute Gasteiger partial charge is 0.303 e. The second-order valence-corrected chi connectivity index (χ2v) is 8.18. The van der Waals surface area contributed by atoms with E-state index in [4.69, 9.17) is 17.3 Å². The van der Waals surface area contributed by atoms with Crippen LogP contribution in [0.15, 0.2) is 29.2 Å². The molecule has 0 bridgehead atoms. The van der Waals surface area contributed by atoms with Gasteiger partial charge in [0.25, 0.3) is 5.91 Å². The molecule has 0 spiro atoms. The van der Waals surface area contributed by atoms with Crippen molar-refractivity contribution >= 4 is 46.3 Å². The number of halogens is 1. The maximum atomic E-state index is 13.0. The molecular formula is C20H24FNO3S2. The standard InChI is InChI=1S/C20H24FNO3S2/c21-16-11-9-15(10-12-16)14-17-19(25)22(20(26)27-17)13-7-5-3-1-2-4-6-8-18(23)24/h9-12,14H,1-8,13H2,(H,23,24)/b17-14-. The van der Waals surface area contributed by atoms with E-state index in [1.165, 1.54) is 23.9 Å². The molecule has 1 amide bonds. The van der Waals surface area contributed by atoms with Crippen molar-refractivity contribution in [2.24, 2.45) is 0 Å². The second kappa shape index (κ2) is 11.2. The normalized spacial score (nSPS) is 15.7. The molecule has 4 nitrogen and oxygen atoms in total. The molecule has 0 aliphatic carbocycles. The fourth-order valence-electron chi connectivity index (χ4n) is 2.83. The summed E-state index contributed by atoms with van der Waals surface area (Å²) in [5, 5.41) is 8.58. The van der Waals surface area contributed by atoms with Crippen molar-refractivity contribution in [3.05, 3.63) is 40.6 Å². The highest BCUT2D eigenvalue weighted by atomic mass is 32.2. The van der Waals surface area contributed by atoms with E-state index in [0.717, 1.165) is 50.5 Å². The Balaban J connectivity index is 1.68. The number of benzene rings is 1. The summed E-state index contributed by atoms with van der Waals surface area (Å²) in [6, 6.07) is 6.01. The second-order valence-electron chi connectivity index (χ2n) is 6.50. The van der Waals surface area contributed by atoms with Crippen LogP contribution in [-0.2, 0) is 9.59 Å². The maximum Gasteiger partial charge on any atom is 0.303 e. The quantitative estimate of drug-likeness (QED) is 0.308. The lowest BCUT2D eigenvalue weighted by molar-refractivity contribution is -0.137. The number of hydrogen-bond donors (Lipinski definition) is 1. The minimum atomic E-state index is -0.730. The van der Waals surface area contributed by atoms with Crippen LogP contribution in [0.25, 0.3) is 6.08 Å². The summed E-state index contributed by atoms with van der Waals surface area (Å²) < 4.78 is 13.5. The van der Waals surface area contributed by atoms with E-state index >= 15 is 0 Å². The van der Waals surface area contributed by atoms with Crippen molar-refractivity contribution in [1.82, 2.24) is 4.90 Å². The number of amides is 1. The molecule has 27 heavy (non-hydrogen) atoms. The van der Waals surface area contributed by atoms with E-state index in [0.29, 0.717) is 15.8 Å². The molecule has 1 saturated heterocycles. The predicted octanol–water partition coefficient (Wildman–Crippen LogP) is 5.23. The van der Waals surface area contributed by atoms with Crippen LogP contribution >= 0.6 is 24.0 Å². The van der Waals surface area contributed by atoms with E-state index in [1.807, 2.05) is 0 Å². The van der Waals surface area contributed by atoms with Crippen molar-refractivity contribution in [2.75, 3.05) is 6.54 Å². The molecule has 1 aliphatic rings. The zero-order valence-corrected chi connectivity index (χ0v) is 16.8. The number of rotatable bonds is 11. The third-order valence-electron chi connectivity index (χ3n) is 4.31. The van der Waals surface area contributed by atoms with Crippen LogP contribution in [-0.4, -0.2) is 32.7 Å². The molecular weight excluding hydrogens is 385 g/mol. The number of carbonyl (C=O) groups excluding carboxylic acids is 1. The van der Waals surface area contributed by atoms with Gasteiger partial charge in [0.05, 0.1) is 4.91 Å². The lowest BCUT2D eigenvalue weighted by atomic mass is 10.1. The summed E-state index contributed by atoms with van der Waals surface area (Å²) in [4.78, 5) is 25.2. The first-order valence-corrected chi connectivity index (χ1v) is 10.4. The molecule has 1 fully saturated rings. The maximum absolute atomic E-state index is 13.0. The van der Waals surface area contributed by atoms with Gasteiger partial charge in [-0.1, -0.05) is 68.2 Å². The zero-order valence-electron chi connectivity index (χ0n) is 15.2. The van der Waals surface area contributed by atoms with Crippen LogP contribution in [0.1, 0.15) is 56.9 Å². The van der Waals surface area contributed by atoms with Crippen LogP contribution in [0.3, 0.4) is 0 Å². The Morgan fingerprint density at radius 2 is 1.67 bits per heavy atom. The Bertz CT molecular complexity index is 704. The first kappa shape index (κ1) is 21.6. The van der Waals surface area contributed by atoms with E-state index in [9.17, 15) is 14.0 Å². The third-order valence-corrected chi connectivity index (χ3v) is 5.69. The molecule has 1 heterocycles. The molecule has 0 aromatic heterocycles. The van der Waals surface area contributed by atoms with Crippen LogP contribution in [0.4, 0.5) is 4.39 Å². The fourth-order valence-corrected chi connectivity index (χ4v) is 4.14. The number of carbonyl (C=O) groups is 2. The van der Waals surface area contributed by atoms with Gasteiger partial charge in [0.15, 0.2) is 0 Å². The summed E-state index contributed by atoms with van der Waals surface area (Å²) in [5.74, 6) is -1.11. The number of thiocarbonyl (C=S) groups is 1. The van der Waals surface area contributed by atoms with E-state index in [1.54, 1.807) is 23.1 Å². The first-order chi connectivity index (χ1) is 13.0. The summed E-state index contributed by atoms with van der Waals surface area (Å²) in [5.41, 5.74) is 0.778. The van der Waals surface area contributed by atoms with Crippen LogP contribution in [0, 0.1) is 5.82 Å². The Kier molecular flexibility index (Phi) is 8.94. The Labute approximate surface area is 168 Å². The van der Waals surface area contributed by atoms with Gasteiger partial charge < -0.3 is 5.11 Å². The summed E-state index contributed by atoms with van der Waals surface area (Å²) in [6.07, 6.45) is 8.82. The molecule has 0 saturated carbocycles. The van der Waals surface area contributed by atoms with Gasteiger partial charge in [-0.05, 0) is 36.6 Å². The van der Waals surface area contributed by atoms with Gasteiger partial charge in [-0.2, -0.15) is 0 Å². The van der Waals surface area contributed by atoms with E-state index < -0.39 is 5.97 Å². The number of nitrogens with zero attached hydrogens (tertiary/aromatic N) is 1. The van der Waals surface area contributed by atoms with Gasteiger partial charge in [0.2, 0.25) is 0 Å². The number of unbranched alkanes of at least 4 members (excludes halogenated alkanes) is 6. The molecule has 1 aliphatic heterocycles. The highest BCUT2D eigenvalue weighted by Crippen LogP contribution is 2.32. The van der Waals surface area contributed by atoms with Gasteiger partial charge in [0.1, 0.15) is 10.1 Å². The number of carboxylic acids is 1. The van der Waals surface area contributed by atoms with E-state index in [-0.39, 0.29) is 18.1 Å². The zero-order chi connectivity index (χ0) is 19.6. The number of hydrogen-bond acceptors (Lipinski definition) is 4. The van der Waals surface area contributed by atoms with Gasteiger partial charge in [-0.3, -0.25) is 14.5 Å². The van der Waals surface area contributed by atoms with Crippen molar-refractivity contribution in [3.63, 3.8) is 0 Å². The Morgan fingerprint density at radius 3 is 2.30 bits per heavy atom. The lowest BCUT2D eigenvalue weighted by Gasteiger charge is -2.14. The average Bonchev–Trinajstić information content (AvgIpc) is 2.89. The van der Waals surface area contributed by atoms with Gasteiger partial charge in [0, 0.05) is 13.0 Å². The van der Waals surface area contributed by atoms with Gasteiger partial charge >= 0.3 is 5.97 Å². The third kappa shape index (κ3) is 7.42. The molecule has 0 atom stereocenters. The first-order valence-electron chi connectivity index (χ1n) is 9.20. The van der Waals surface area contributed by atoms with E-state index in [2.05, 4.69) is 0 Å². The summed E-state index contributed by atoms with van der Waals surface area (Å²) >= 11 is 6.61. The molecule has 0 radical (unpaired) electrons. The minimum Gasteiger partial charge on any atom is -0.481 e. The Hall–Kier alpha value is -1.73. The fraction of sp³-hybridized carbons (Fsp3) is 0.450. The molecule has 0 unspecified atom stereocenters. The average molecular weight is 410 g/mol. The SMILES string of the molecule is O=C(O)CCCCCCCCCN1C(=O)/C(=C/c2ccc(F)cc2)SC1=S. The molecule has 7 heteroatoms.